The topological polar surface area (TPSA) is 15.3 Å². The summed E-state index contributed by atoms with van der Waals surface area (Å²) in [7, 11) is 0. The third-order valence-corrected chi connectivity index (χ3v) is 4.51. The van der Waals surface area contributed by atoms with Crippen LogP contribution in [0.25, 0.3) is 0 Å². The van der Waals surface area contributed by atoms with E-state index in [2.05, 4.69) is 24.1 Å². The van der Waals surface area contributed by atoms with E-state index in [0.717, 1.165) is 31.6 Å². The summed E-state index contributed by atoms with van der Waals surface area (Å²) in [4.78, 5) is 3.09. The van der Waals surface area contributed by atoms with Crippen LogP contribution in [-0.4, -0.2) is 35.8 Å². The molecule has 1 N–H and O–H groups in total. The van der Waals surface area contributed by atoms with Crippen LogP contribution in [0.15, 0.2) is 29.2 Å². The van der Waals surface area contributed by atoms with Crippen LogP contribution in [0.4, 0.5) is 14.5 Å². The van der Waals surface area contributed by atoms with Crippen molar-refractivity contribution in [3.05, 3.63) is 24.3 Å². The number of nitrogens with one attached hydrogen (secondary N) is 1. The number of alkyl halides is 2. The Labute approximate surface area is 123 Å². The number of benzene rings is 1. The van der Waals surface area contributed by atoms with Gasteiger partial charge in [-0.3, -0.25) is 0 Å². The Morgan fingerprint density at radius 1 is 1.20 bits per heavy atom. The van der Waals surface area contributed by atoms with E-state index in [0.29, 0.717) is 28.7 Å². The van der Waals surface area contributed by atoms with Gasteiger partial charge in [0.25, 0.3) is 5.76 Å². The fourth-order valence-corrected chi connectivity index (χ4v) is 3.17. The molecule has 1 aromatic rings. The monoisotopic (exact) mass is 300 g/mol. The maximum atomic E-state index is 12.5. The summed E-state index contributed by atoms with van der Waals surface area (Å²) in [5.74, 6) is -2.37. The number of likely N-dealkylation sites (tertiary alicyclic amines) is 1. The summed E-state index contributed by atoms with van der Waals surface area (Å²) in [5, 5.41) is 3.43. The molecule has 1 heterocycles. The lowest BCUT2D eigenvalue weighted by Gasteiger charge is -2.35. The van der Waals surface area contributed by atoms with Gasteiger partial charge < -0.3 is 10.2 Å². The second-order valence-electron chi connectivity index (χ2n) is 5.42. The van der Waals surface area contributed by atoms with Crippen molar-refractivity contribution in [1.82, 2.24) is 4.90 Å². The molecule has 0 spiro atoms. The standard InChI is InChI=1S/C15H22F2N2S/c1-11(2)19-9-7-12(8-10-19)18-13-5-3-4-6-14(13)20-15(16)17/h3-6,11-12,15,18H,7-10H2,1-2H3. The van der Waals surface area contributed by atoms with Crippen LogP contribution in [-0.2, 0) is 0 Å². The van der Waals surface area contributed by atoms with Crippen molar-refractivity contribution >= 4 is 17.4 Å². The van der Waals surface area contributed by atoms with Crippen molar-refractivity contribution in [3.8, 4) is 0 Å². The normalized spacial score (nSPS) is 17.9. The van der Waals surface area contributed by atoms with Crippen LogP contribution in [0, 0.1) is 0 Å². The molecule has 0 saturated carbocycles. The summed E-state index contributed by atoms with van der Waals surface area (Å²) in [5.41, 5.74) is 0.834. The first-order valence-corrected chi connectivity index (χ1v) is 7.98. The highest BCUT2D eigenvalue weighted by Gasteiger charge is 2.21. The molecule has 1 aliphatic heterocycles. The van der Waals surface area contributed by atoms with Gasteiger partial charge in [-0.1, -0.05) is 23.9 Å². The highest BCUT2D eigenvalue weighted by molar-refractivity contribution is 7.99. The van der Waals surface area contributed by atoms with Crippen LogP contribution >= 0.6 is 11.8 Å². The third-order valence-electron chi connectivity index (χ3n) is 3.72. The van der Waals surface area contributed by atoms with Crippen molar-refractivity contribution in [2.45, 2.75) is 49.4 Å². The zero-order valence-corrected chi connectivity index (χ0v) is 12.8. The molecule has 0 bridgehead atoms. The SMILES string of the molecule is CC(C)N1CCC(Nc2ccccc2SC(F)F)CC1. The third kappa shape index (κ3) is 4.35. The van der Waals surface area contributed by atoms with Crippen molar-refractivity contribution in [3.63, 3.8) is 0 Å². The molecule has 1 aromatic carbocycles. The van der Waals surface area contributed by atoms with E-state index in [-0.39, 0.29) is 0 Å². The Balaban J connectivity index is 1.94. The molecule has 0 radical (unpaired) electrons. The first-order valence-electron chi connectivity index (χ1n) is 7.10. The summed E-state index contributed by atoms with van der Waals surface area (Å²) in [6, 6.07) is 8.29. The largest absolute Gasteiger partial charge is 0.381 e. The molecule has 112 valence electrons. The quantitative estimate of drug-likeness (QED) is 0.817. The molecule has 1 saturated heterocycles. The van der Waals surface area contributed by atoms with Gasteiger partial charge >= 0.3 is 0 Å². The Morgan fingerprint density at radius 2 is 1.85 bits per heavy atom. The van der Waals surface area contributed by atoms with Crippen molar-refractivity contribution in [2.24, 2.45) is 0 Å². The van der Waals surface area contributed by atoms with Crippen LogP contribution < -0.4 is 5.32 Å². The van der Waals surface area contributed by atoms with Gasteiger partial charge in [0.2, 0.25) is 0 Å². The first kappa shape index (κ1) is 15.6. The number of anilines is 1. The van der Waals surface area contributed by atoms with E-state index in [1.165, 1.54) is 0 Å². The number of thioether (sulfide) groups is 1. The average molecular weight is 300 g/mol. The maximum absolute atomic E-state index is 12.5. The lowest BCUT2D eigenvalue weighted by Crippen LogP contribution is -2.42. The molecule has 0 atom stereocenters. The van der Waals surface area contributed by atoms with Crippen LogP contribution in [0.1, 0.15) is 26.7 Å². The molecule has 0 amide bonds. The highest BCUT2D eigenvalue weighted by Crippen LogP contribution is 2.32. The number of rotatable bonds is 5. The second-order valence-corrected chi connectivity index (χ2v) is 6.45. The van der Waals surface area contributed by atoms with Gasteiger partial charge in [-0.25, -0.2) is 0 Å². The highest BCUT2D eigenvalue weighted by atomic mass is 32.2. The molecular formula is C15H22F2N2S. The van der Waals surface area contributed by atoms with Gasteiger partial charge in [0, 0.05) is 35.8 Å². The minimum atomic E-state index is -2.37. The van der Waals surface area contributed by atoms with E-state index in [9.17, 15) is 8.78 Å². The predicted molar refractivity (Wildman–Crippen MR) is 81.7 cm³/mol. The van der Waals surface area contributed by atoms with E-state index in [1.807, 2.05) is 12.1 Å². The van der Waals surface area contributed by atoms with Crippen molar-refractivity contribution < 1.29 is 8.78 Å². The summed E-state index contributed by atoms with van der Waals surface area (Å²) in [6.07, 6.45) is 2.12. The predicted octanol–water partition coefficient (Wildman–Crippen LogP) is 4.29. The van der Waals surface area contributed by atoms with E-state index >= 15 is 0 Å². The van der Waals surface area contributed by atoms with Gasteiger partial charge in [0.05, 0.1) is 0 Å². The summed E-state index contributed by atoms with van der Waals surface area (Å²) >= 11 is 0.613. The number of para-hydroxylation sites is 1. The molecule has 0 aliphatic carbocycles. The fourth-order valence-electron chi connectivity index (χ4n) is 2.56. The Kier molecular flexibility index (Phi) is 5.66. The molecule has 0 unspecified atom stereocenters. The number of halogens is 2. The summed E-state index contributed by atoms with van der Waals surface area (Å²) < 4.78 is 25.1. The van der Waals surface area contributed by atoms with Gasteiger partial charge in [-0.15, -0.1) is 0 Å². The second kappa shape index (κ2) is 7.27. The lowest BCUT2D eigenvalue weighted by molar-refractivity contribution is 0.177. The van der Waals surface area contributed by atoms with Crippen molar-refractivity contribution in [1.29, 1.82) is 0 Å². The number of hydrogen-bond donors (Lipinski definition) is 1. The molecule has 1 aliphatic rings. The Hall–Kier alpha value is -0.810. The molecular weight excluding hydrogens is 278 g/mol. The van der Waals surface area contributed by atoms with E-state index < -0.39 is 5.76 Å². The molecule has 2 nitrogen and oxygen atoms in total. The van der Waals surface area contributed by atoms with Crippen molar-refractivity contribution in [2.75, 3.05) is 18.4 Å². The number of nitrogens with zero attached hydrogens (tertiary/aromatic N) is 1. The van der Waals surface area contributed by atoms with Gasteiger partial charge in [-0.05, 0) is 38.8 Å². The zero-order valence-electron chi connectivity index (χ0n) is 12.0. The Morgan fingerprint density at radius 3 is 2.45 bits per heavy atom. The van der Waals surface area contributed by atoms with Gasteiger partial charge in [-0.2, -0.15) is 8.78 Å². The Bertz CT molecular complexity index is 418. The fraction of sp³-hybridized carbons (Fsp3) is 0.600. The van der Waals surface area contributed by atoms with Crippen LogP contribution in [0.5, 0.6) is 0 Å². The molecule has 2 rings (SSSR count). The number of piperidine rings is 1. The summed E-state index contributed by atoms with van der Waals surface area (Å²) in [6.45, 7) is 6.56. The van der Waals surface area contributed by atoms with Gasteiger partial charge in [0.1, 0.15) is 0 Å². The van der Waals surface area contributed by atoms with Gasteiger partial charge in [0.15, 0.2) is 0 Å². The first-order chi connectivity index (χ1) is 9.56. The molecule has 0 aromatic heterocycles. The van der Waals surface area contributed by atoms with E-state index in [1.54, 1.807) is 12.1 Å². The maximum Gasteiger partial charge on any atom is 0.288 e. The minimum Gasteiger partial charge on any atom is -0.381 e. The van der Waals surface area contributed by atoms with Crippen LogP contribution in [0.2, 0.25) is 0 Å². The van der Waals surface area contributed by atoms with Crippen LogP contribution in [0.3, 0.4) is 0 Å². The van der Waals surface area contributed by atoms with E-state index in [4.69, 9.17) is 0 Å². The minimum absolute atomic E-state index is 0.379. The lowest BCUT2D eigenvalue weighted by atomic mass is 10.0. The zero-order chi connectivity index (χ0) is 14.5. The molecule has 1 fully saturated rings. The molecule has 5 heteroatoms. The number of hydrogen-bond acceptors (Lipinski definition) is 3. The molecule has 20 heavy (non-hydrogen) atoms. The average Bonchev–Trinajstić information content (AvgIpc) is 2.41. The smallest absolute Gasteiger partial charge is 0.288 e.